The molecule has 1 aliphatic rings. The average molecular weight is 302 g/mol. The largest absolute Gasteiger partial charge is 0.372 e. The molecule has 108 valence electrons. The van der Waals surface area contributed by atoms with Crippen LogP contribution in [0.3, 0.4) is 0 Å². The predicted octanol–water partition coefficient (Wildman–Crippen LogP) is 2.35. The van der Waals surface area contributed by atoms with Gasteiger partial charge in [0.1, 0.15) is 0 Å². The van der Waals surface area contributed by atoms with Gasteiger partial charge in [0.25, 0.3) is 0 Å². The molecule has 0 saturated heterocycles. The summed E-state index contributed by atoms with van der Waals surface area (Å²) in [6, 6.07) is 11.5. The first-order valence-electron chi connectivity index (χ1n) is 6.49. The van der Waals surface area contributed by atoms with Crippen LogP contribution in [0.2, 0.25) is 0 Å². The smallest absolute Gasteiger partial charge is 0.193 e. The SMILES string of the molecule is CS(=O)(=O)c1ccc(C(=O)c2ccc3c(c2)COC3)cc1. The lowest BCUT2D eigenvalue weighted by Gasteiger charge is -2.05. The molecule has 0 saturated carbocycles. The van der Waals surface area contributed by atoms with Crippen molar-refractivity contribution < 1.29 is 17.9 Å². The third-order valence-electron chi connectivity index (χ3n) is 3.53. The molecular formula is C16H14O4S. The van der Waals surface area contributed by atoms with Crippen LogP contribution in [0.25, 0.3) is 0 Å². The molecule has 0 N–H and O–H groups in total. The number of benzene rings is 2. The number of fused-ring (bicyclic) bond motifs is 1. The second-order valence-corrected chi connectivity index (χ2v) is 7.12. The van der Waals surface area contributed by atoms with Crippen molar-refractivity contribution in [3.05, 3.63) is 64.7 Å². The van der Waals surface area contributed by atoms with E-state index in [0.717, 1.165) is 17.4 Å². The monoisotopic (exact) mass is 302 g/mol. The zero-order chi connectivity index (χ0) is 15.0. The Balaban J connectivity index is 1.92. The molecule has 4 nitrogen and oxygen atoms in total. The molecule has 21 heavy (non-hydrogen) atoms. The Morgan fingerprint density at radius 2 is 1.57 bits per heavy atom. The molecule has 0 aromatic heterocycles. The number of hydrogen-bond donors (Lipinski definition) is 0. The second kappa shape index (κ2) is 5.09. The summed E-state index contributed by atoms with van der Waals surface area (Å²) in [5.74, 6) is -0.121. The van der Waals surface area contributed by atoms with Crippen molar-refractivity contribution in [2.24, 2.45) is 0 Å². The summed E-state index contributed by atoms with van der Waals surface area (Å²) >= 11 is 0. The van der Waals surface area contributed by atoms with Crippen molar-refractivity contribution in [3.63, 3.8) is 0 Å². The number of ketones is 1. The fourth-order valence-corrected chi connectivity index (χ4v) is 2.96. The van der Waals surface area contributed by atoms with Crippen molar-refractivity contribution in [1.29, 1.82) is 0 Å². The van der Waals surface area contributed by atoms with Crippen molar-refractivity contribution in [2.75, 3.05) is 6.26 Å². The van der Waals surface area contributed by atoms with E-state index in [-0.39, 0.29) is 10.7 Å². The number of ether oxygens (including phenoxy) is 1. The second-order valence-electron chi connectivity index (χ2n) is 5.10. The quantitative estimate of drug-likeness (QED) is 0.817. The number of carbonyl (C=O) groups is 1. The molecule has 0 bridgehead atoms. The van der Waals surface area contributed by atoms with Crippen LogP contribution in [0, 0.1) is 0 Å². The summed E-state index contributed by atoms with van der Waals surface area (Å²) < 4.78 is 28.2. The van der Waals surface area contributed by atoms with E-state index in [9.17, 15) is 13.2 Å². The van der Waals surface area contributed by atoms with Crippen molar-refractivity contribution in [1.82, 2.24) is 0 Å². The molecule has 1 aliphatic heterocycles. The van der Waals surface area contributed by atoms with Gasteiger partial charge in [-0.25, -0.2) is 8.42 Å². The lowest BCUT2D eigenvalue weighted by Crippen LogP contribution is -2.03. The topological polar surface area (TPSA) is 60.4 Å². The minimum Gasteiger partial charge on any atom is -0.372 e. The maximum atomic E-state index is 12.4. The number of hydrogen-bond acceptors (Lipinski definition) is 4. The third kappa shape index (κ3) is 2.75. The zero-order valence-electron chi connectivity index (χ0n) is 11.5. The molecule has 3 rings (SSSR count). The van der Waals surface area contributed by atoms with Crippen LogP contribution in [0.5, 0.6) is 0 Å². The van der Waals surface area contributed by atoms with Crippen molar-refractivity contribution >= 4 is 15.6 Å². The summed E-state index contributed by atoms with van der Waals surface area (Å²) in [4.78, 5) is 12.6. The molecule has 0 radical (unpaired) electrons. The Bertz CT molecular complexity index is 805. The molecule has 1 heterocycles. The van der Waals surface area contributed by atoms with Crippen LogP contribution >= 0.6 is 0 Å². The number of carbonyl (C=O) groups excluding carboxylic acids is 1. The standard InChI is InChI=1S/C16H14O4S/c1-21(18,19)15-6-4-11(5-7-15)16(17)12-2-3-13-9-20-10-14(13)8-12/h2-8H,9-10H2,1H3. The van der Waals surface area contributed by atoms with Gasteiger partial charge in [-0.15, -0.1) is 0 Å². The minimum absolute atomic E-state index is 0.121. The first-order valence-corrected chi connectivity index (χ1v) is 8.39. The lowest BCUT2D eigenvalue weighted by molar-refractivity contribution is 0.103. The van der Waals surface area contributed by atoms with E-state index in [1.54, 1.807) is 18.2 Å². The summed E-state index contributed by atoms with van der Waals surface area (Å²) in [7, 11) is -3.25. The van der Waals surface area contributed by atoms with Crippen LogP contribution in [-0.4, -0.2) is 20.5 Å². The Labute approximate surface area is 123 Å². The van der Waals surface area contributed by atoms with Crippen LogP contribution < -0.4 is 0 Å². The molecule has 5 heteroatoms. The van der Waals surface area contributed by atoms with Crippen LogP contribution in [0.15, 0.2) is 47.4 Å². The summed E-state index contributed by atoms with van der Waals surface area (Å²) in [6.07, 6.45) is 1.14. The molecule has 0 unspecified atom stereocenters. The van der Waals surface area contributed by atoms with Gasteiger partial charge in [-0.1, -0.05) is 12.1 Å². The molecule has 2 aromatic rings. The summed E-state index contributed by atoms with van der Waals surface area (Å²) in [6.45, 7) is 1.12. The van der Waals surface area contributed by atoms with Gasteiger partial charge in [-0.3, -0.25) is 4.79 Å². The molecule has 0 amide bonds. The van der Waals surface area contributed by atoms with Gasteiger partial charge in [0, 0.05) is 17.4 Å². The number of sulfone groups is 1. The fraction of sp³-hybridized carbons (Fsp3) is 0.188. The van der Waals surface area contributed by atoms with E-state index in [2.05, 4.69) is 0 Å². The van der Waals surface area contributed by atoms with Crippen molar-refractivity contribution in [2.45, 2.75) is 18.1 Å². The van der Waals surface area contributed by atoms with Crippen molar-refractivity contribution in [3.8, 4) is 0 Å². The molecule has 0 atom stereocenters. The highest BCUT2D eigenvalue weighted by Gasteiger charge is 2.16. The molecule has 2 aromatic carbocycles. The van der Waals surface area contributed by atoms with E-state index >= 15 is 0 Å². The van der Waals surface area contributed by atoms with Crippen LogP contribution in [-0.2, 0) is 27.8 Å². The first kappa shape index (κ1) is 14.0. The molecular weight excluding hydrogens is 288 g/mol. The van der Waals surface area contributed by atoms with E-state index in [1.165, 1.54) is 12.1 Å². The van der Waals surface area contributed by atoms with E-state index in [0.29, 0.717) is 24.3 Å². The highest BCUT2D eigenvalue weighted by molar-refractivity contribution is 7.90. The zero-order valence-corrected chi connectivity index (χ0v) is 12.3. The lowest BCUT2D eigenvalue weighted by atomic mass is 9.99. The molecule has 0 fully saturated rings. The van der Waals surface area contributed by atoms with Gasteiger partial charge in [-0.05, 0) is 41.5 Å². The van der Waals surface area contributed by atoms with Gasteiger partial charge in [-0.2, -0.15) is 0 Å². The summed E-state index contributed by atoms with van der Waals surface area (Å²) in [5, 5.41) is 0. The Morgan fingerprint density at radius 3 is 2.24 bits per heavy atom. The van der Waals surface area contributed by atoms with E-state index in [4.69, 9.17) is 4.74 Å². The third-order valence-corrected chi connectivity index (χ3v) is 4.66. The van der Waals surface area contributed by atoms with Crippen LogP contribution in [0.4, 0.5) is 0 Å². The molecule has 0 aliphatic carbocycles. The summed E-state index contributed by atoms with van der Waals surface area (Å²) in [5.41, 5.74) is 3.21. The van der Waals surface area contributed by atoms with Gasteiger partial charge >= 0.3 is 0 Å². The predicted molar refractivity (Wildman–Crippen MR) is 77.9 cm³/mol. The van der Waals surface area contributed by atoms with Gasteiger partial charge in [0.2, 0.25) is 0 Å². The Hall–Kier alpha value is -1.98. The highest BCUT2D eigenvalue weighted by atomic mass is 32.2. The Morgan fingerprint density at radius 1 is 0.952 bits per heavy atom. The Kier molecular flexibility index (Phi) is 3.39. The maximum absolute atomic E-state index is 12.4. The molecule has 0 spiro atoms. The van der Waals surface area contributed by atoms with Gasteiger partial charge in [0.05, 0.1) is 18.1 Å². The maximum Gasteiger partial charge on any atom is 0.193 e. The number of rotatable bonds is 3. The highest BCUT2D eigenvalue weighted by Crippen LogP contribution is 2.22. The van der Waals surface area contributed by atoms with Crippen LogP contribution in [0.1, 0.15) is 27.0 Å². The van der Waals surface area contributed by atoms with E-state index in [1.807, 2.05) is 12.1 Å². The van der Waals surface area contributed by atoms with E-state index < -0.39 is 9.84 Å². The first-order chi connectivity index (χ1) is 9.95. The average Bonchev–Trinajstić information content (AvgIpc) is 2.93. The minimum atomic E-state index is -3.25. The van der Waals surface area contributed by atoms with Gasteiger partial charge < -0.3 is 4.74 Å². The fourth-order valence-electron chi connectivity index (χ4n) is 2.33. The van der Waals surface area contributed by atoms with Gasteiger partial charge in [0.15, 0.2) is 15.6 Å². The normalized spacial score (nSPS) is 14.0.